The smallest absolute Gasteiger partial charge is 0.549 e. The van der Waals surface area contributed by atoms with E-state index in [0.29, 0.717) is 10.1 Å². The van der Waals surface area contributed by atoms with E-state index >= 15 is 0 Å². The van der Waals surface area contributed by atoms with E-state index in [0.717, 1.165) is 0 Å². The van der Waals surface area contributed by atoms with E-state index in [2.05, 4.69) is 71.1 Å². The molecule has 30 heavy (non-hydrogen) atoms. The molecule has 0 spiro atoms. The Morgan fingerprint density at radius 3 is 1.43 bits per heavy atom. The van der Waals surface area contributed by atoms with Crippen molar-refractivity contribution in [2.45, 2.75) is 9.99 Å². The van der Waals surface area contributed by atoms with Crippen LogP contribution in [0.5, 0.6) is 0 Å². The molecule has 0 saturated carbocycles. The molecular formula is C14H20N6Na2O4S4. The molecule has 0 radical (unpaired) electrons. The summed E-state index contributed by atoms with van der Waals surface area (Å²) in [6, 6.07) is 0. The van der Waals surface area contributed by atoms with Gasteiger partial charge in [0.05, 0.1) is 34.7 Å². The number of aliphatic carboxylic acids is 2. The standard InChI is InChI=1S/2C7H11N3O2S2.2Na/c2*1-10(3-6(11)12)7(14)2-5(13)8-4-9-7;;/h2*2,4,13-14H,3H2,1H3,(H,8,9)(H,11,12);;/q;;2*+1/p-2. The van der Waals surface area contributed by atoms with Crippen LogP contribution >= 0.6 is 50.5 Å². The zero-order chi connectivity index (χ0) is 21.5. The Morgan fingerprint density at radius 1 is 0.900 bits per heavy atom. The van der Waals surface area contributed by atoms with Crippen molar-refractivity contribution in [3.8, 4) is 0 Å². The van der Waals surface area contributed by atoms with E-state index in [4.69, 9.17) is 0 Å². The summed E-state index contributed by atoms with van der Waals surface area (Å²) in [4.78, 5) is 29.7. The number of thiol groups is 4. The predicted molar refractivity (Wildman–Crippen MR) is 116 cm³/mol. The Bertz CT molecular complexity index is 681. The quantitative estimate of drug-likeness (QED) is 0.118. The first kappa shape index (κ1) is 32.9. The van der Waals surface area contributed by atoms with Crippen LogP contribution in [0.1, 0.15) is 0 Å². The molecule has 2 aliphatic heterocycles. The van der Waals surface area contributed by atoms with Crippen molar-refractivity contribution in [1.29, 1.82) is 0 Å². The van der Waals surface area contributed by atoms with Gasteiger partial charge in [-0.05, 0) is 26.2 Å². The molecule has 2 heterocycles. The van der Waals surface area contributed by atoms with Gasteiger partial charge in [0.15, 0.2) is 9.99 Å². The third kappa shape index (κ3) is 11.0. The molecule has 2 unspecified atom stereocenters. The van der Waals surface area contributed by atoms with Crippen LogP contribution in [-0.2, 0) is 9.59 Å². The van der Waals surface area contributed by atoms with E-state index in [-0.39, 0.29) is 72.2 Å². The zero-order valence-corrected chi connectivity index (χ0v) is 24.5. The fourth-order valence-corrected chi connectivity index (χ4v) is 3.14. The fourth-order valence-electron chi connectivity index (χ4n) is 1.95. The second-order valence-corrected chi connectivity index (χ2v) is 7.97. The molecule has 156 valence electrons. The van der Waals surface area contributed by atoms with Gasteiger partial charge in [-0.1, -0.05) is 0 Å². The summed E-state index contributed by atoms with van der Waals surface area (Å²) < 4.78 is 0. The maximum absolute atomic E-state index is 10.4. The number of hydrogen-bond donors (Lipinski definition) is 6. The maximum Gasteiger partial charge on any atom is 1.00 e. The number of carbonyl (C=O) groups excluding carboxylic acids is 2. The van der Waals surface area contributed by atoms with Gasteiger partial charge in [0.25, 0.3) is 0 Å². The first-order valence-corrected chi connectivity index (χ1v) is 9.38. The molecule has 0 amide bonds. The third-order valence-electron chi connectivity index (χ3n) is 3.45. The van der Waals surface area contributed by atoms with Crippen LogP contribution in [0.3, 0.4) is 0 Å². The normalized spacial score (nSPS) is 24.1. The summed E-state index contributed by atoms with van der Waals surface area (Å²) in [7, 11) is 3.17. The van der Waals surface area contributed by atoms with Gasteiger partial charge >= 0.3 is 59.1 Å². The molecule has 2 N–H and O–H groups in total. The van der Waals surface area contributed by atoms with E-state index in [9.17, 15) is 19.8 Å². The van der Waals surface area contributed by atoms with E-state index < -0.39 is 21.9 Å². The summed E-state index contributed by atoms with van der Waals surface area (Å²) in [5.74, 6) is -2.35. The van der Waals surface area contributed by atoms with Gasteiger partial charge in [-0.2, -0.15) is 0 Å². The molecule has 0 bridgehead atoms. The van der Waals surface area contributed by atoms with Crippen molar-refractivity contribution in [1.82, 2.24) is 20.4 Å². The minimum absolute atomic E-state index is 0. The Kier molecular flexibility index (Phi) is 16.2. The summed E-state index contributed by atoms with van der Waals surface area (Å²) >= 11 is 16.7. The number of carbonyl (C=O) groups is 2. The average molecular weight is 511 g/mol. The van der Waals surface area contributed by atoms with Crippen LogP contribution in [-0.4, -0.2) is 71.6 Å². The summed E-state index contributed by atoms with van der Waals surface area (Å²) in [5.41, 5.74) is 0. The molecule has 0 fully saturated rings. The van der Waals surface area contributed by atoms with Gasteiger partial charge in [-0.3, -0.25) is 9.80 Å². The van der Waals surface area contributed by atoms with Gasteiger partial charge in [-0.25, -0.2) is 9.98 Å². The Labute approximate surface area is 241 Å². The van der Waals surface area contributed by atoms with Crippen LogP contribution in [0, 0.1) is 0 Å². The van der Waals surface area contributed by atoms with Crippen molar-refractivity contribution >= 4 is 75.1 Å². The van der Waals surface area contributed by atoms with Gasteiger partial charge in [-0.15, -0.1) is 50.5 Å². The molecule has 0 aromatic heterocycles. The van der Waals surface area contributed by atoms with Crippen molar-refractivity contribution in [2.24, 2.45) is 9.98 Å². The molecule has 2 aliphatic rings. The molecule has 10 nitrogen and oxygen atoms in total. The van der Waals surface area contributed by atoms with Crippen LogP contribution in [0.25, 0.3) is 0 Å². The first-order chi connectivity index (χ1) is 12.9. The number of hydrogen-bond acceptors (Lipinski definition) is 14. The van der Waals surface area contributed by atoms with E-state index in [1.165, 1.54) is 22.5 Å². The van der Waals surface area contributed by atoms with Gasteiger partial charge < -0.3 is 30.4 Å². The van der Waals surface area contributed by atoms with Gasteiger partial charge in [0.2, 0.25) is 0 Å². The second kappa shape index (κ2) is 14.8. The summed E-state index contributed by atoms with van der Waals surface area (Å²) in [5, 5.41) is 27.4. The Hall–Kier alpha value is 0.680. The number of carboxylic acids is 2. The monoisotopic (exact) mass is 510 g/mol. The van der Waals surface area contributed by atoms with E-state index in [1.807, 2.05) is 0 Å². The number of aliphatic imine (C=N–C) groups is 2. The largest absolute Gasteiger partial charge is 1.00 e. The van der Waals surface area contributed by atoms with Crippen LogP contribution in [0.2, 0.25) is 0 Å². The minimum atomic E-state index is -1.18. The number of nitrogens with one attached hydrogen (secondary N) is 2. The van der Waals surface area contributed by atoms with Crippen molar-refractivity contribution in [3.63, 3.8) is 0 Å². The average Bonchev–Trinajstić information content (AvgIpc) is 2.53. The zero-order valence-electron chi connectivity index (χ0n) is 16.9. The van der Waals surface area contributed by atoms with Crippen molar-refractivity contribution < 1.29 is 78.9 Å². The Morgan fingerprint density at radius 2 is 1.20 bits per heavy atom. The molecule has 16 heteroatoms. The molecular weight excluding hydrogens is 490 g/mol. The summed E-state index contributed by atoms with van der Waals surface area (Å²) in [6.07, 6.45) is 6.03. The van der Waals surface area contributed by atoms with Crippen molar-refractivity contribution in [3.05, 3.63) is 22.2 Å². The number of carboxylic acid groups (broad SMARTS) is 2. The predicted octanol–water partition coefficient (Wildman–Crippen LogP) is -8.68. The number of rotatable bonds is 6. The second-order valence-electron chi connectivity index (χ2n) is 5.69. The van der Waals surface area contributed by atoms with Crippen LogP contribution in [0.15, 0.2) is 32.2 Å². The SMILES string of the molecule is CN(CC(=O)[O-])C1(S)C=C(S)NC=N1.CN(CC(=O)[O-])C1(S)C=C(S)NC=N1.[Na+].[Na+]. The van der Waals surface area contributed by atoms with Gasteiger partial charge in [0, 0.05) is 13.1 Å². The molecule has 0 aromatic carbocycles. The minimum Gasteiger partial charge on any atom is -0.549 e. The van der Waals surface area contributed by atoms with Crippen molar-refractivity contribution in [2.75, 3.05) is 27.2 Å². The van der Waals surface area contributed by atoms with Gasteiger partial charge in [0.1, 0.15) is 0 Å². The number of nitrogens with zero attached hydrogens (tertiary/aromatic N) is 4. The van der Waals surface area contributed by atoms with Crippen LogP contribution < -0.4 is 80.0 Å². The molecule has 0 aromatic rings. The number of likely N-dealkylation sites (N-methyl/N-ethyl adjacent to an activating group) is 2. The first-order valence-electron chi connectivity index (χ1n) is 7.59. The molecule has 2 rings (SSSR count). The molecule has 0 aliphatic carbocycles. The topological polar surface area (TPSA) is 136 Å². The van der Waals surface area contributed by atoms with Crippen LogP contribution in [0.4, 0.5) is 0 Å². The molecule has 0 saturated heterocycles. The Balaban J connectivity index is 0. The van der Waals surface area contributed by atoms with E-state index in [1.54, 1.807) is 26.2 Å². The maximum atomic E-state index is 10.4. The summed E-state index contributed by atoms with van der Waals surface area (Å²) in [6.45, 7) is -0.503. The fraction of sp³-hybridized carbons (Fsp3) is 0.429. The third-order valence-corrected chi connectivity index (χ3v) is 5.14. The molecule has 2 atom stereocenters.